The van der Waals surface area contributed by atoms with Crippen molar-refractivity contribution in [3.8, 4) is 0 Å². The predicted molar refractivity (Wildman–Crippen MR) is 60.7 cm³/mol. The third-order valence-corrected chi connectivity index (χ3v) is 2.37. The molecule has 13 heavy (non-hydrogen) atoms. The van der Waals surface area contributed by atoms with Crippen LogP contribution in [0.2, 0.25) is 0 Å². The number of rotatable bonds is 0. The van der Waals surface area contributed by atoms with E-state index in [0.29, 0.717) is 5.39 Å². The Morgan fingerprint density at radius 1 is 1.08 bits per heavy atom. The van der Waals surface area contributed by atoms with Gasteiger partial charge in [-0.15, -0.1) is 0 Å². The maximum atomic E-state index is 11.5. The lowest BCUT2D eigenvalue weighted by Gasteiger charge is -1.87. The molecule has 0 aliphatic carbocycles. The fraction of sp³-hybridized carbons (Fsp3) is 0. The topological polar surface area (TPSA) is 30.0 Å². The number of hydrogen-bond acceptors (Lipinski definition) is 2. The van der Waals surface area contributed by atoms with E-state index in [0.717, 1.165) is 9.22 Å². The number of nitrogens with zero attached hydrogens (tertiary/aromatic N) is 1. The summed E-state index contributed by atoms with van der Waals surface area (Å²) in [5.41, 5.74) is 0.771. The maximum Gasteiger partial charge on any atom is 0.188 e. The zero-order chi connectivity index (χ0) is 9.26. The third kappa shape index (κ3) is 1.70. The lowest BCUT2D eigenvalue weighted by atomic mass is 10.2. The highest BCUT2D eigenvalue weighted by molar-refractivity contribution is 14.1. The van der Waals surface area contributed by atoms with Gasteiger partial charge in [0, 0.05) is 5.39 Å². The van der Waals surface area contributed by atoms with Gasteiger partial charge in [0.1, 0.15) is 3.70 Å². The molecular formula is C10H6INO. The van der Waals surface area contributed by atoms with Crippen LogP contribution in [0.3, 0.4) is 0 Å². The summed E-state index contributed by atoms with van der Waals surface area (Å²) in [7, 11) is 0. The van der Waals surface area contributed by atoms with Crippen LogP contribution in [0, 0.1) is 3.70 Å². The number of halogens is 1. The van der Waals surface area contributed by atoms with Gasteiger partial charge < -0.3 is 0 Å². The van der Waals surface area contributed by atoms with Crippen molar-refractivity contribution in [1.82, 2.24) is 4.98 Å². The minimum Gasteiger partial charge on any atom is -0.289 e. The summed E-state index contributed by atoms with van der Waals surface area (Å²) in [5.74, 6) is 0. The normalized spacial score (nSPS) is 10.2. The molecule has 2 aromatic rings. The van der Waals surface area contributed by atoms with Crippen molar-refractivity contribution in [2.24, 2.45) is 0 Å². The lowest BCUT2D eigenvalue weighted by Crippen LogP contribution is -1.93. The van der Waals surface area contributed by atoms with Gasteiger partial charge in [-0.25, -0.2) is 4.98 Å². The minimum atomic E-state index is 0.0195. The van der Waals surface area contributed by atoms with E-state index in [4.69, 9.17) is 0 Å². The van der Waals surface area contributed by atoms with E-state index in [1.807, 2.05) is 18.2 Å². The highest BCUT2D eigenvalue weighted by Gasteiger charge is 1.96. The van der Waals surface area contributed by atoms with Crippen molar-refractivity contribution in [3.63, 3.8) is 0 Å². The molecule has 2 nitrogen and oxygen atoms in total. The number of aromatic nitrogens is 1. The Morgan fingerprint density at radius 3 is 2.69 bits per heavy atom. The molecule has 0 bridgehead atoms. The Bertz CT molecular complexity index is 510. The summed E-state index contributed by atoms with van der Waals surface area (Å²) in [5, 5.41) is 0.672. The van der Waals surface area contributed by atoms with E-state index in [2.05, 4.69) is 27.6 Å². The van der Waals surface area contributed by atoms with Crippen molar-refractivity contribution in [3.05, 3.63) is 50.3 Å². The molecule has 1 aromatic heterocycles. The largest absolute Gasteiger partial charge is 0.289 e. The van der Waals surface area contributed by atoms with Gasteiger partial charge >= 0.3 is 0 Å². The van der Waals surface area contributed by atoms with Crippen molar-refractivity contribution in [2.75, 3.05) is 0 Å². The molecule has 1 heterocycles. The number of benzene rings is 1. The molecule has 0 N–H and O–H groups in total. The van der Waals surface area contributed by atoms with E-state index in [-0.39, 0.29) is 5.43 Å². The van der Waals surface area contributed by atoms with Crippen LogP contribution in [-0.4, -0.2) is 4.98 Å². The quantitative estimate of drug-likeness (QED) is 0.694. The SMILES string of the molecule is O=c1ccc(I)nc2ccccc12. The highest BCUT2D eigenvalue weighted by atomic mass is 127. The summed E-state index contributed by atoms with van der Waals surface area (Å²) >= 11 is 2.10. The molecule has 0 saturated heterocycles. The van der Waals surface area contributed by atoms with E-state index < -0.39 is 0 Å². The number of para-hydroxylation sites is 1. The molecule has 3 heteroatoms. The van der Waals surface area contributed by atoms with Crippen molar-refractivity contribution in [1.29, 1.82) is 0 Å². The number of hydrogen-bond donors (Lipinski definition) is 0. The van der Waals surface area contributed by atoms with Crippen LogP contribution >= 0.6 is 22.6 Å². The molecule has 0 unspecified atom stereocenters. The van der Waals surface area contributed by atoms with Crippen LogP contribution in [0.1, 0.15) is 0 Å². The summed E-state index contributed by atoms with van der Waals surface area (Å²) in [6.45, 7) is 0. The van der Waals surface area contributed by atoms with Gasteiger partial charge in [-0.3, -0.25) is 4.79 Å². The molecule has 0 spiro atoms. The fourth-order valence-electron chi connectivity index (χ4n) is 1.17. The molecule has 0 amide bonds. The van der Waals surface area contributed by atoms with Crippen LogP contribution in [0.15, 0.2) is 41.2 Å². The Balaban J connectivity index is 3.04. The van der Waals surface area contributed by atoms with E-state index in [1.165, 1.54) is 0 Å². The monoisotopic (exact) mass is 283 g/mol. The van der Waals surface area contributed by atoms with E-state index in [9.17, 15) is 4.79 Å². The summed E-state index contributed by atoms with van der Waals surface area (Å²) < 4.78 is 0.830. The molecule has 0 aliphatic heterocycles. The molecule has 0 radical (unpaired) electrons. The standard InChI is InChI=1S/C10H6INO/c11-10-6-5-9(13)7-3-1-2-4-8(7)12-10/h1-6H. The second kappa shape index (κ2) is 3.41. The first-order valence-corrected chi connectivity index (χ1v) is 4.91. The van der Waals surface area contributed by atoms with E-state index >= 15 is 0 Å². The smallest absolute Gasteiger partial charge is 0.188 e. The van der Waals surface area contributed by atoms with Gasteiger partial charge in [-0.2, -0.15) is 0 Å². The highest BCUT2D eigenvalue weighted by Crippen LogP contribution is 2.06. The van der Waals surface area contributed by atoms with Crippen LogP contribution in [0.25, 0.3) is 10.9 Å². The average Bonchev–Trinajstić information content (AvgIpc) is 2.27. The first-order chi connectivity index (χ1) is 6.27. The second-order valence-electron chi connectivity index (χ2n) is 2.65. The molecule has 1 aromatic carbocycles. The first-order valence-electron chi connectivity index (χ1n) is 3.83. The van der Waals surface area contributed by atoms with Crippen molar-refractivity contribution < 1.29 is 0 Å². The maximum absolute atomic E-state index is 11.5. The van der Waals surface area contributed by atoms with Gasteiger partial charge in [0.2, 0.25) is 0 Å². The molecule has 0 atom stereocenters. The number of fused-ring (bicyclic) bond motifs is 1. The summed E-state index contributed by atoms with van der Waals surface area (Å²) in [4.78, 5) is 15.8. The Morgan fingerprint density at radius 2 is 1.85 bits per heavy atom. The van der Waals surface area contributed by atoms with Crippen LogP contribution < -0.4 is 5.43 Å². The third-order valence-electron chi connectivity index (χ3n) is 1.77. The van der Waals surface area contributed by atoms with Crippen LogP contribution in [0.5, 0.6) is 0 Å². The Hall–Kier alpha value is -0.970. The first kappa shape index (κ1) is 8.62. The van der Waals surface area contributed by atoms with Gasteiger partial charge in [-0.05, 0) is 46.9 Å². The van der Waals surface area contributed by atoms with Crippen LogP contribution in [-0.2, 0) is 0 Å². The van der Waals surface area contributed by atoms with Gasteiger partial charge in [0.25, 0.3) is 0 Å². The minimum absolute atomic E-state index is 0.0195. The van der Waals surface area contributed by atoms with Crippen molar-refractivity contribution in [2.45, 2.75) is 0 Å². The van der Waals surface area contributed by atoms with Crippen molar-refractivity contribution >= 4 is 33.5 Å². The molecule has 0 aliphatic rings. The summed E-state index contributed by atoms with van der Waals surface area (Å²) in [6, 6.07) is 10.6. The molecular weight excluding hydrogens is 277 g/mol. The zero-order valence-electron chi connectivity index (χ0n) is 6.70. The van der Waals surface area contributed by atoms with Crippen LogP contribution in [0.4, 0.5) is 0 Å². The lowest BCUT2D eigenvalue weighted by molar-refractivity contribution is 1.37. The summed E-state index contributed by atoms with van der Waals surface area (Å²) in [6.07, 6.45) is 0. The van der Waals surface area contributed by atoms with Gasteiger partial charge in [0.15, 0.2) is 5.43 Å². The van der Waals surface area contributed by atoms with E-state index in [1.54, 1.807) is 18.2 Å². The predicted octanol–water partition coefficient (Wildman–Crippen LogP) is 2.20. The second-order valence-corrected chi connectivity index (χ2v) is 3.75. The average molecular weight is 283 g/mol. The zero-order valence-corrected chi connectivity index (χ0v) is 8.86. The Kier molecular flexibility index (Phi) is 2.26. The fourth-order valence-corrected chi connectivity index (χ4v) is 1.61. The van der Waals surface area contributed by atoms with Gasteiger partial charge in [-0.1, -0.05) is 12.1 Å². The molecule has 2 rings (SSSR count). The Labute approximate surface area is 88.8 Å². The van der Waals surface area contributed by atoms with Gasteiger partial charge in [0.05, 0.1) is 5.52 Å². The molecule has 64 valence electrons. The molecule has 0 fully saturated rings. The molecule has 0 saturated carbocycles.